The molecule has 0 spiro atoms. The van der Waals surface area contributed by atoms with Crippen molar-refractivity contribution in [2.45, 2.75) is 46.3 Å². The largest absolute Gasteiger partial charge is 0.748 e. The third-order valence-electron chi connectivity index (χ3n) is 3.46. The fraction of sp³-hybridized carbons (Fsp3) is 0.412. The molecule has 128 valence electrons. The van der Waals surface area contributed by atoms with Gasteiger partial charge in [-0.2, -0.15) is 6.07 Å². The van der Waals surface area contributed by atoms with Gasteiger partial charge in [-0.05, 0) is 34.2 Å². The van der Waals surface area contributed by atoms with Crippen LogP contribution < -0.4 is 5.46 Å². The minimum absolute atomic E-state index is 0. The fourth-order valence-electron chi connectivity index (χ4n) is 2.35. The quantitative estimate of drug-likeness (QED) is 0.646. The summed E-state index contributed by atoms with van der Waals surface area (Å²) >= 11 is 0. The molecule has 0 saturated carbocycles. The molecule has 0 aliphatic heterocycles. The van der Waals surface area contributed by atoms with Gasteiger partial charge in [-0.1, -0.05) is 0 Å². The summed E-state index contributed by atoms with van der Waals surface area (Å²) in [6, 6.07) is 16.5. The van der Waals surface area contributed by atoms with Crippen molar-refractivity contribution in [2.75, 3.05) is 0 Å². The molecule has 0 aliphatic rings. The molecule has 0 unspecified atom stereocenters. The molecule has 0 heterocycles. The standard InChI is InChI=1S/C12H21BNO2.C5H5.Fe/c1-9(2)14(10(3)4)8-11-6-5-7-12(11)13(15)16;1-2-4-5-3-1;/h5-7,9-10,15-16H,8H2,1-4H3;1-5H;/q-1;-5;. The van der Waals surface area contributed by atoms with Crippen molar-refractivity contribution in [3.05, 3.63) is 54.1 Å². The van der Waals surface area contributed by atoms with Crippen LogP contribution in [0, 0.1) is 0 Å². The zero-order chi connectivity index (χ0) is 15.8. The van der Waals surface area contributed by atoms with Gasteiger partial charge in [-0.25, -0.2) is 12.1 Å². The van der Waals surface area contributed by atoms with Gasteiger partial charge in [-0.3, -0.25) is 0 Å². The Labute approximate surface area is 145 Å². The van der Waals surface area contributed by atoms with E-state index in [1.165, 1.54) is 0 Å². The average Bonchev–Trinajstić information content (AvgIpc) is 3.09. The van der Waals surface area contributed by atoms with Crippen LogP contribution in [0.15, 0.2) is 48.5 Å². The van der Waals surface area contributed by atoms with E-state index in [4.69, 9.17) is 0 Å². The van der Waals surface area contributed by atoms with E-state index in [-0.39, 0.29) is 17.1 Å². The summed E-state index contributed by atoms with van der Waals surface area (Å²) in [5.41, 5.74) is 1.61. The minimum atomic E-state index is -1.37. The van der Waals surface area contributed by atoms with Crippen LogP contribution in [-0.2, 0) is 23.6 Å². The van der Waals surface area contributed by atoms with Crippen LogP contribution in [0.3, 0.4) is 0 Å². The Morgan fingerprint density at radius 3 is 1.86 bits per heavy atom. The van der Waals surface area contributed by atoms with Crippen molar-refractivity contribution in [1.29, 1.82) is 0 Å². The SMILES string of the molecule is CC(C)N(C[c-]1cccc1B(O)O)C(C)C.[Fe].[cH-]1[cH-][cH-][cH-][cH-]1. The van der Waals surface area contributed by atoms with Crippen molar-refractivity contribution < 1.29 is 27.1 Å². The van der Waals surface area contributed by atoms with Gasteiger partial charge < -0.3 is 45.3 Å². The molecule has 2 rings (SSSR count). The molecule has 0 radical (unpaired) electrons. The third kappa shape index (κ3) is 6.95. The van der Waals surface area contributed by atoms with Crippen LogP contribution in [0.5, 0.6) is 0 Å². The normalized spacial score (nSPS) is 10.4. The number of hydrogen-bond acceptors (Lipinski definition) is 3. The molecule has 0 aromatic heterocycles. The summed E-state index contributed by atoms with van der Waals surface area (Å²) < 4.78 is 0. The van der Waals surface area contributed by atoms with E-state index in [0.29, 0.717) is 17.5 Å². The van der Waals surface area contributed by atoms with E-state index < -0.39 is 7.12 Å². The first-order valence-electron chi connectivity index (χ1n) is 7.46. The molecule has 0 amide bonds. The molecule has 2 aromatic carbocycles. The topological polar surface area (TPSA) is 43.7 Å². The molecule has 22 heavy (non-hydrogen) atoms. The summed E-state index contributed by atoms with van der Waals surface area (Å²) in [4.78, 5) is 2.32. The number of nitrogens with zero attached hydrogens (tertiary/aromatic N) is 1. The zero-order valence-corrected chi connectivity index (χ0v) is 14.9. The summed E-state index contributed by atoms with van der Waals surface area (Å²) in [5.74, 6) is 0. The summed E-state index contributed by atoms with van der Waals surface area (Å²) in [5, 5.41) is 18.4. The summed E-state index contributed by atoms with van der Waals surface area (Å²) in [7, 11) is -1.37. The first-order chi connectivity index (χ1) is 9.93. The average molecular weight is 343 g/mol. The monoisotopic (exact) mass is 343 g/mol. The number of hydrogen-bond donors (Lipinski definition) is 2. The Balaban J connectivity index is 0.000000622. The smallest absolute Gasteiger partial charge is 0.461 e. The van der Waals surface area contributed by atoms with E-state index in [0.717, 1.165) is 12.1 Å². The fourth-order valence-corrected chi connectivity index (χ4v) is 2.35. The Morgan fingerprint density at radius 1 is 1.05 bits per heavy atom. The maximum Gasteiger partial charge on any atom is 0.461 e. The van der Waals surface area contributed by atoms with Crippen molar-refractivity contribution in [2.24, 2.45) is 0 Å². The second-order valence-electron chi connectivity index (χ2n) is 5.70. The van der Waals surface area contributed by atoms with Gasteiger partial charge >= 0.3 is 7.12 Å². The Morgan fingerprint density at radius 2 is 1.50 bits per heavy atom. The predicted octanol–water partition coefficient (Wildman–Crippen LogP) is 2.11. The first-order valence-corrected chi connectivity index (χ1v) is 7.46. The Bertz CT molecular complexity index is 455. The van der Waals surface area contributed by atoms with Crippen molar-refractivity contribution >= 4 is 12.6 Å². The maximum absolute atomic E-state index is 9.22. The van der Waals surface area contributed by atoms with Crippen LogP contribution in [0.25, 0.3) is 0 Å². The van der Waals surface area contributed by atoms with E-state index in [9.17, 15) is 10.0 Å². The van der Waals surface area contributed by atoms with E-state index in [1.54, 1.807) is 6.07 Å². The van der Waals surface area contributed by atoms with E-state index in [2.05, 4.69) is 32.6 Å². The predicted molar refractivity (Wildman–Crippen MR) is 89.7 cm³/mol. The molecule has 0 saturated heterocycles. The number of rotatable bonds is 5. The van der Waals surface area contributed by atoms with Crippen LogP contribution in [-0.4, -0.2) is 34.2 Å². The Hall–Kier alpha value is -0.836. The van der Waals surface area contributed by atoms with Gasteiger partial charge in [-0.15, -0.1) is 11.0 Å². The van der Waals surface area contributed by atoms with Gasteiger partial charge in [0.25, 0.3) is 0 Å². The van der Waals surface area contributed by atoms with Crippen molar-refractivity contribution in [3.63, 3.8) is 0 Å². The van der Waals surface area contributed by atoms with Crippen LogP contribution in [0.1, 0.15) is 33.3 Å². The molecular weight excluding hydrogens is 317 g/mol. The van der Waals surface area contributed by atoms with Crippen molar-refractivity contribution in [3.8, 4) is 0 Å². The van der Waals surface area contributed by atoms with Gasteiger partial charge in [0.05, 0.1) is 0 Å². The molecule has 5 heteroatoms. The molecule has 0 fully saturated rings. The maximum atomic E-state index is 9.22. The molecule has 0 atom stereocenters. The molecule has 0 bridgehead atoms. The molecule has 2 N–H and O–H groups in total. The van der Waals surface area contributed by atoms with E-state index >= 15 is 0 Å². The zero-order valence-electron chi connectivity index (χ0n) is 13.8. The van der Waals surface area contributed by atoms with Gasteiger partial charge in [0.2, 0.25) is 0 Å². The van der Waals surface area contributed by atoms with Crippen LogP contribution in [0.2, 0.25) is 0 Å². The van der Waals surface area contributed by atoms with Crippen LogP contribution in [0.4, 0.5) is 0 Å². The van der Waals surface area contributed by atoms with Crippen molar-refractivity contribution in [1.82, 2.24) is 4.90 Å². The summed E-state index contributed by atoms with van der Waals surface area (Å²) in [6.45, 7) is 9.36. The summed E-state index contributed by atoms with van der Waals surface area (Å²) in [6.07, 6.45) is 0. The molecule has 0 aliphatic carbocycles. The molecule has 3 nitrogen and oxygen atoms in total. The third-order valence-corrected chi connectivity index (χ3v) is 3.46. The molecular formula is C17H26BFeNO2-6. The van der Waals surface area contributed by atoms with Gasteiger partial charge in [0.1, 0.15) is 0 Å². The minimum Gasteiger partial charge on any atom is -0.748 e. The second-order valence-corrected chi connectivity index (χ2v) is 5.70. The van der Waals surface area contributed by atoms with Gasteiger partial charge in [0.15, 0.2) is 0 Å². The molecule has 2 aromatic rings. The van der Waals surface area contributed by atoms with Crippen LogP contribution >= 0.6 is 0 Å². The Kier molecular flexibility index (Phi) is 10.4. The first kappa shape index (κ1) is 21.2. The van der Waals surface area contributed by atoms with E-state index in [1.807, 2.05) is 42.5 Å². The second kappa shape index (κ2) is 10.8. The van der Waals surface area contributed by atoms with Gasteiger partial charge in [0, 0.05) is 29.2 Å².